The number of pyridine rings is 1. The van der Waals surface area contributed by atoms with Gasteiger partial charge >= 0.3 is 0 Å². The molecule has 0 N–H and O–H groups in total. The largest absolute Gasteiger partial charge is 0.497 e. The SMILES string of the molecule is COc1ccc(N2C[C@H](C)n3ncc(-c4ccnc(C)c4)c3C2=O)cc1.Cl. The highest BCUT2D eigenvalue weighted by Gasteiger charge is 2.33. The molecule has 6 nitrogen and oxygen atoms in total. The van der Waals surface area contributed by atoms with Crippen LogP contribution in [0.25, 0.3) is 11.1 Å². The van der Waals surface area contributed by atoms with Crippen LogP contribution >= 0.6 is 12.4 Å². The third kappa shape index (κ3) is 3.28. The molecule has 27 heavy (non-hydrogen) atoms. The zero-order valence-corrected chi connectivity index (χ0v) is 16.2. The number of nitrogens with zero attached hydrogens (tertiary/aromatic N) is 4. The Morgan fingerprint density at radius 3 is 2.59 bits per heavy atom. The molecular weight excluding hydrogens is 364 g/mol. The van der Waals surface area contributed by atoms with E-state index in [1.165, 1.54) is 0 Å². The zero-order valence-electron chi connectivity index (χ0n) is 15.4. The highest BCUT2D eigenvalue weighted by molar-refractivity contribution is 6.09. The van der Waals surface area contributed by atoms with Crippen LogP contribution in [0.4, 0.5) is 5.69 Å². The topological polar surface area (TPSA) is 60.2 Å². The third-order valence-electron chi connectivity index (χ3n) is 4.70. The van der Waals surface area contributed by atoms with E-state index in [0.29, 0.717) is 12.2 Å². The van der Waals surface area contributed by atoms with E-state index in [2.05, 4.69) is 17.0 Å². The Morgan fingerprint density at radius 1 is 1.19 bits per heavy atom. The highest BCUT2D eigenvalue weighted by atomic mass is 35.5. The van der Waals surface area contributed by atoms with Gasteiger partial charge in [-0.2, -0.15) is 5.10 Å². The molecule has 4 rings (SSSR count). The number of ether oxygens (including phenoxy) is 1. The van der Waals surface area contributed by atoms with Crippen molar-refractivity contribution in [1.29, 1.82) is 0 Å². The van der Waals surface area contributed by atoms with Gasteiger partial charge in [0.05, 0.1) is 19.3 Å². The van der Waals surface area contributed by atoms with E-state index in [9.17, 15) is 4.79 Å². The van der Waals surface area contributed by atoms with Crippen molar-refractivity contribution in [2.24, 2.45) is 0 Å². The van der Waals surface area contributed by atoms with Crippen molar-refractivity contribution in [2.75, 3.05) is 18.6 Å². The second kappa shape index (κ2) is 7.40. The van der Waals surface area contributed by atoms with Crippen LogP contribution in [0, 0.1) is 6.92 Å². The fourth-order valence-electron chi connectivity index (χ4n) is 3.37. The van der Waals surface area contributed by atoms with Crippen LogP contribution in [0.1, 0.15) is 29.1 Å². The summed E-state index contributed by atoms with van der Waals surface area (Å²) in [5, 5.41) is 4.48. The molecule has 1 amide bonds. The van der Waals surface area contributed by atoms with Gasteiger partial charge in [0, 0.05) is 29.7 Å². The van der Waals surface area contributed by atoms with Crippen LogP contribution in [0.2, 0.25) is 0 Å². The fourth-order valence-corrected chi connectivity index (χ4v) is 3.37. The van der Waals surface area contributed by atoms with E-state index >= 15 is 0 Å². The predicted molar refractivity (Wildman–Crippen MR) is 107 cm³/mol. The smallest absolute Gasteiger partial charge is 0.277 e. The first-order chi connectivity index (χ1) is 12.6. The van der Waals surface area contributed by atoms with Crippen LogP contribution in [-0.4, -0.2) is 34.3 Å². The van der Waals surface area contributed by atoms with Gasteiger partial charge in [0.1, 0.15) is 11.4 Å². The summed E-state index contributed by atoms with van der Waals surface area (Å²) in [6, 6.07) is 11.5. The maximum atomic E-state index is 13.3. The summed E-state index contributed by atoms with van der Waals surface area (Å²) in [7, 11) is 1.63. The molecule has 0 saturated heterocycles. The van der Waals surface area contributed by atoms with Crippen molar-refractivity contribution in [3.8, 4) is 16.9 Å². The second-order valence-corrected chi connectivity index (χ2v) is 6.50. The Hall–Kier alpha value is -2.86. The van der Waals surface area contributed by atoms with Gasteiger partial charge in [-0.1, -0.05) is 0 Å². The summed E-state index contributed by atoms with van der Waals surface area (Å²) in [5.74, 6) is 0.722. The van der Waals surface area contributed by atoms with Crippen LogP contribution in [-0.2, 0) is 0 Å². The maximum Gasteiger partial charge on any atom is 0.277 e. The van der Waals surface area contributed by atoms with Gasteiger partial charge in [0.15, 0.2) is 0 Å². The molecule has 7 heteroatoms. The Balaban J connectivity index is 0.00000210. The molecule has 0 spiro atoms. The molecule has 2 aromatic heterocycles. The number of fused-ring (bicyclic) bond motifs is 1. The van der Waals surface area contributed by atoms with Gasteiger partial charge in [0.2, 0.25) is 0 Å². The van der Waals surface area contributed by atoms with Gasteiger partial charge in [0.25, 0.3) is 5.91 Å². The minimum atomic E-state index is -0.0461. The molecule has 0 bridgehead atoms. The van der Waals surface area contributed by atoms with Gasteiger partial charge in [-0.15, -0.1) is 12.4 Å². The number of benzene rings is 1. The summed E-state index contributed by atoms with van der Waals surface area (Å²) in [4.78, 5) is 19.3. The van der Waals surface area contributed by atoms with Crippen LogP contribution in [0.3, 0.4) is 0 Å². The highest BCUT2D eigenvalue weighted by Crippen LogP contribution is 2.33. The summed E-state index contributed by atoms with van der Waals surface area (Å²) >= 11 is 0. The molecule has 0 saturated carbocycles. The normalized spacial score (nSPS) is 15.9. The standard InChI is InChI=1S/C20H20N4O2.ClH/c1-13-10-15(8-9-21-13)18-11-22-24-14(2)12-23(20(25)19(18)24)16-4-6-17(26-3)7-5-16;/h4-11,14H,12H2,1-3H3;1H/t14-;/m0./s1. The van der Waals surface area contributed by atoms with Crippen molar-refractivity contribution >= 4 is 24.0 Å². The number of aryl methyl sites for hydroxylation is 1. The lowest BCUT2D eigenvalue weighted by molar-refractivity contribution is 0.0954. The van der Waals surface area contributed by atoms with E-state index in [1.807, 2.05) is 48.0 Å². The summed E-state index contributed by atoms with van der Waals surface area (Å²) in [5.41, 5.74) is 4.17. The van der Waals surface area contributed by atoms with E-state index in [1.54, 1.807) is 24.4 Å². The average molecular weight is 385 g/mol. The Morgan fingerprint density at radius 2 is 1.93 bits per heavy atom. The first kappa shape index (κ1) is 18.9. The number of carbonyl (C=O) groups excluding carboxylic acids is 1. The Bertz CT molecular complexity index is 968. The number of anilines is 1. The Kier molecular flexibility index (Phi) is 5.19. The molecule has 1 aliphatic heterocycles. The monoisotopic (exact) mass is 384 g/mol. The van der Waals surface area contributed by atoms with Crippen molar-refractivity contribution in [3.63, 3.8) is 0 Å². The van der Waals surface area contributed by atoms with Crippen molar-refractivity contribution in [1.82, 2.24) is 14.8 Å². The molecule has 0 aliphatic carbocycles. The van der Waals surface area contributed by atoms with Crippen LogP contribution in [0.15, 0.2) is 48.8 Å². The molecule has 1 atom stereocenters. The minimum Gasteiger partial charge on any atom is -0.497 e. The number of aromatic nitrogens is 3. The summed E-state index contributed by atoms with van der Waals surface area (Å²) < 4.78 is 7.04. The molecule has 3 aromatic rings. The molecular formula is C20H21ClN4O2. The zero-order chi connectivity index (χ0) is 18.3. The first-order valence-electron chi connectivity index (χ1n) is 8.55. The van der Waals surface area contributed by atoms with Crippen molar-refractivity contribution < 1.29 is 9.53 Å². The molecule has 1 aliphatic rings. The molecule has 1 aromatic carbocycles. The minimum absolute atomic E-state index is 0. The second-order valence-electron chi connectivity index (χ2n) is 6.50. The van der Waals surface area contributed by atoms with Gasteiger partial charge in [-0.3, -0.25) is 14.5 Å². The predicted octanol–water partition coefficient (Wildman–Crippen LogP) is 3.91. The summed E-state index contributed by atoms with van der Waals surface area (Å²) in [6.07, 6.45) is 3.53. The number of carbonyl (C=O) groups is 1. The lowest BCUT2D eigenvalue weighted by Gasteiger charge is -2.32. The van der Waals surface area contributed by atoms with Gasteiger partial charge in [-0.25, -0.2) is 0 Å². The fraction of sp³-hybridized carbons (Fsp3) is 0.250. The number of halogens is 1. The quantitative estimate of drug-likeness (QED) is 0.687. The maximum absolute atomic E-state index is 13.3. The van der Waals surface area contributed by atoms with Crippen molar-refractivity contribution in [2.45, 2.75) is 19.9 Å². The molecule has 0 unspecified atom stereocenters. The van der Waals surface area contributed by atoms with E-state index < -0.39 is 0 Å². The lowest BCUT2D eigenvalue weighted by Crippen LogP contribution is -2.42. The molecule has 0 radical (unpaired) electrons. The number of hydrogen-bond donors (Lipinski definition) is 0. The summed E-state index contributed by atoms with van der Waals surface area (Å²) in [6.45, 7) is 4.59. The van der Waals surface area contributed by atoms with Gasteiger partial charge in [-0.05, 0) is 55.8 Å². The lowest BCUT2D eigenvalue weighted by atomic mass is 10.0. The van der Waals surface area contributed by atoms with Crippen LogP contribution < -0.4 is 9.64 Å². The number of amides is 1. The van der Waals surface area contributed by atoms with Gasteiger partial charge < -0.3 is 9.64 Å². The number of methoxy groups -OCH3 is 1. The van der Waals surface area contributed by atoms with Crippen molar-refractivity contribution in [3.05, 3.63) is 60.2 Å². The van der Waals surface area contributed by atoms with E-state index in [4.69, 9.17) is 4.74 Å². The van der Waals surface area contributed by atoms with E-state index in [-0.39, 0.29) is 24.4 Å². The molecule has 0 fully saturated rings. The number of hydrogen-bond acceptors (Lipinski definition) is 4. The average Bonchev–Trinajstić information content (AvgIpc) is 3.11. The molecule has 3 heterocycles. The third-order valence-corrected chi connectivity index (χ3v) is 4.70. The molecule has 140 valence electrons. The first-order valence-corrected chi connectivity index (χ1v) is 8.55. The number of rotatable bonds is 3. The Labute approximate surface area is 164 Å². The van der Waals surface area contributed by atoms with E-state index in [0.717, 1.165) is 28.3 Å². The van der Waals surface area contributed by atoms with Crippen LogP contribution in [0.5, 0.6) is 5.75 Å².